The number of carbonyl (C=O) groups excluding carboxylic acids is 2. The molecule has 10 heteroatoms. The fourth-order valence-corrected chi connectivity index (χ4v) is 10.6. The minimum absolute atomic E-state index is 0.0215. The first-order valence-electron chi connectivity index (χ1n) is 17.1. The van der Waals surface area contributed by atoms with Gasteiger partial charge in [0, 0.05) is 50.8 Å². The number of nitrogens with zero attached hydrogens (tertiary/aromatic N) is 3. The Labute approximate surface area is 264 Å². The number of ether oxygens (including phenoxy) is 1. The molecule has 4 atom stereocenters. The number of carbonyl (C=O) groups is 2. The summed E-state index contributed by atoms with van der Waals surface area (Å²) >= 11 is 0. The van der Waals surface area contributed by atoms with E-state index in [4.69, 9.17) is 4.74 Å². The lowest BCUT2D eigenvalue weighted by molar-refractivity contribution is -0.126. The topological polar surface area (TPSA) is 99.3 Å². The third kappa shape index (κ3) is 6.82. The first-order chi connectivity index (χ1) is 21.1. The predicted octanol–water partition coefficient (Wildman–Crippen LogP) is 4.24. The van der Waals surface area contributed by atoms with Crippen molar-refractivity contribution in [1.82, 2.24) is 20.0 Å². The Kier molecular flexibility index (Phi) is 9.60. The number of amides is 3. The molecule has 5 fully saturated rings. The Morgan fingerprint density at radius 1 is 1.05 bits per heavy atom. The zero-order valence-electron chi connectivity index (χ0n) is 26.7. The standard InChI is InChI=1S/C34H52N4O5S/c1-25(2)38-33(40)37(23-26-11-17-43-18-12-26)24-34(38)21-29-9-6-15-36(31(29)22-34)16-10-30(27-7-4-3-5-8-27)35-32(39)28-13-19-44(41,42)20-14-28/h3-5,7-8,25-26,28-31H,6,9-24H2,1-2H3,(H,35,39)/t29?,30-,31?,34?/m0/s1. The number of hydrogen-bond donors (Lipinski definition) is 1. The monoisotopic (exact) mass is 628 g/mol. The summed E-state index contributed by atoms with van der Waals surface area (Å²) in [7, 11) is -3.02. The second-order valence-corrected chi connectivity index (χ2v) is 16.8. The van der Waals surface area contributed by atoms with Crippen molar-refractivity contribution in [3.05, 3.63) is 35.9 Å². The van der Waals surface area contributed by atoms with Crippen LogP contribution >= 0.6 is 0 Å². The van der Waals surface area contributed by atoms with Gasteiger partial charge in [0.1, 0.15) is 9.84 Å². The summed E-state index contributed by atoms with van der Waals surface area (Å²) < 4.78 is 29.5. The number of benzene rings is 1. The van der Waals surface area contributed by atoms with Crippen LogP contribution in [0.5, 0.6) is 0 Å². The van der Waals surface area contributed by atoms with Crippen LogP contribution in [0.2, 0.25) is 0 Å². The van der Waals surface area contributed by atoms with Gasteiger partial charge in [0.15, 0.2) is 0 Å². The minimum atomic E-state index is -3.02. The first-order valence-corrected chi connectivity index (χ1v) is 18.9. The summed E-state index contributed by atoms with van der Waals surface area (Å²) in [5.74, 6) is 1.04. The number of hydrogen-bond acceptors (Lipinski definition) is 6. The normalized spacial score (nSPS) is 30.7. The lowest BCUT2D eigenvalue weighted by atomic mass is 9.90. The summed E-state index contributed by atoms with van der Waals surface area (Å²) in [6.07, 6.45) is 8.17. The number of likely N-dealkylation sites (tertiary alicyclic amines) is 1. The van der Waals surface area contributed by atoms with Gasteiger partial charge in [-0.3, -0.25) is 9.69 Å². The highest BCUT2D eigenvalue weighted by Gasteiger charge is 2.58. The van der Waals surface area contributed by atoms with Crippen molar-refractivity contribution in [2.24, 2.45) is 17.8 Å². The summed E-state index contributed by atoms with van der Waals surface area (Å²) in [6, 6.07) is 10.9. The third-order valence-electron chi connectivity index (χ3n) is 11.2. The van der Waals surface area contributed by atoms with Gasteiger partial charge >= 0.3 is 6.03 Å². The van der Waals surface area contributed by atoms with Crippen LogP contribution in [0.25, 0.3) is 0 Å². The predicted molar refractivity (Wildman–Crippen MR) is 171 cm³/mol. The molecular formula is C34H52N4O5S. The number of sulfone groups is 1. The molecule has 4 saturated heterocycles. The Morgan fingerprint density at radius 2 is 1.77 bits per heavy atom. The van der Waals surface area contributed by atoms with Gasteiger partial charge < -0.3 is 19.9 Å². The van der Waals surface area contributed by atoms with E-state index in [9.17, 15) is 18.0 Å². The summed E-state index contributed by atoms with van der Waals surface area (Å²) in [5, 5.41) is 3.32. The Hall–Kier alpha value is -2.17. The van der Waals surface area contributed by atoms with Crippen LogP contribution in [-0.4, -0.2) is 104 Å². The van der Waals surface area contributed by atoms with E-state index in [1.807, 2.05) is 18.2 Å². The molecule has 1 aromatic rings. The van der Waals surface area contributed by atoms with Crippen LogP contribution in [0.15, 0.2) is 30.3 Å². The molecule has 3 amide bonds. The lowest BCUT2D eigenvalue weighted by Gasteiger charge is -2.39. The molecule has 1 aromatic carbocycles. The van der Waals surface area contributed by atoms with Gasteiger partial charge in [-0.2, -0.15) is 0 Å². The highest BCUT2D eigenvalue weighted by molar-refractivity contribution is 7.91. The summed E-state index contributed by atoms with van der Waals surface area (Å²) in [4.78, 5) is 34.2. The molecule has 4 aliphatic heterocycles. The van der Waals surface area contributed by atoms with E-state index in [-0.39, 0.29) is 47.0 Å². The Balaban J connectivity index is 1.13. The molecule has 0 bridgehead atoms. The zero-order chi connectivity index (χ0) is 30.9. The number of piperidine rings is 1. The smallest absolute Gasteiger partial charge is 0.320 e. The van der Waals surface area contributed by atoms with E-state index in [0.29, 0.717) is 30.7 Å². The molecule has 244 valence electrons. The van der Waals surface area contributed by atoms with Gasteiger partial charge in [0.25, 0.3) is 0 Å². The van der Waals surface area contributed by atoms with Gasteiger partial charge in [-0.25, -0.2) is 13.2 Å². The van der Waals surface area contributed by atoms with Gasteiger partial charge in [-0.05, 0) is 95.6 Å². The Bertz CT molecular complexity index is 1260. The highest BCUT2D eigenvalue weighted by atomic mass is 32.2. The zero-order valence-corrected chi connectivity index (χ0v) is 27.5. The Morgan fingerprint density at radius 3 is 2.48 bits per heavy atom. The summed E-state index contributed by atoms with van der Waals surface area (Å²) in [5.41, 5.74) is 0.986. The van der Waals surface area contributed by atoms with Crippen molar-refractivity contribution in [2.45, 2.75) is 95.3 Å². The molecule has 1 aliphatic carbocycles. The maximum absolute atomic E-state index is 13.8. The van der Waals surface area contributed by atoms with Crippen LogP contribution in [0.3, 0.4) is 0 Å². The van der Waals surface area contributed by atoms with Gasteiger partial charge in [-0.15, -0.1) is 0 Å². The number of urea groups is 1. The molecule has 1 spiro atoms. The van der Waals surface area contributed by atoms with Crippen molar-refractivity contribution in [3.63, 3.8) is 0 Å². The van der Waals surface area contributed by atoms with Crippen molar-refractivity contribution >= 4 is 21.8 Å². The molecule has 0 aromatic heterocycles. The molecule has 5 aliphatic rings. The molecule has 44 heavy (non-hydrogen) atoms. The molecule has 1 saturated carbocycles. The van der Waals surface area contributed by atoms with Crippen molar-refractivity contribution < 1.29 is 22.7 Å². The van der Waals surface area contributed by atoms with Gasteiger partial charge in [0.05, 0.1) is 23.1 Å². The van der Waals surface area contributed by atoms with Crippen LogP contribution < -0.4 is 5.32 Å². The molecule has 1 N–H and O–H groups in total. The number of nitrogens with one attached hydrogen (secondary N) is 1. The number of rotatable bonds is 9. The van der Waals surface area contributed by atoms with Crippen LogP contribution in [-0.2, 0) is 19.4 Å². The molecular weight excluding hydrogens is 576 g/mol. The van der Waals surface area contributed by atoms with Gasteiger partial charge in [-0.1, -0.05) is 30.3 Å². The average molecular weight is 629 g/mol. The van der Waals surface area contributed by atoms with Crippen molar-refractivity contribution in [2.75, 3.05) is 50.9 Å². The fraction of sp³-hybridized carbons (Fsp3) is 0.765. The van der Waals surface area contributed by atoms with E-state index in [1.54, 1.807) is 0 Å². The van der Waals surface area contributed by atoms with E-state index >= 15 is 0 Å². The average Bonchev–Trinajstić information content (AvgIpc) is 3.51. The molecule has 9 nitrogen and oxygen atoms in total. The second-order valence-electron chi connectivity index (χ2n) is 14.5. The minimum Gasteiger partial charge on any atom is -0.381 e. The largest absolute Gasteiger partial charge is 0.381 e. The lowest BCUT2D eigenvalue weighted by Crippen LogP contribution is -2.50. The molecule has 3 unspecified atom stereocenters. The highest BCUT2D eigenvalue weighted by Crippen LogP contribution is 2.49. The third-order valence-corrected chi connectivity index (χ3v) is 12.9. The van der Waals surface area contributed by atoms with Crippen LogP contribution in [0.4, 0.5) is 4.79 Å². The van der Waals surface area contributed by atoms with E-state index < -0.39 is 9.84 Å². The first kappa shape index (κ1) is 31.8. The quantitative estimate of drug-likeness (QED) is 0.439. The van der Waals surface area contributed by atoms with Crippen LogP contribution in [0, 0.1) is 17.8 Å². The maximum Gasteiger partial charge on any atom is 0.320 e. The van der Waals surface area contributed by atoms with E-state index in [0.717, 1.165) is 83.5 Å². The second kappa shape index (κ2) is 13.3. The SMILES string of the molecule is CC(C)N1C(=O)N(CC2CCOCC2)CC12CC1CCCN(CC[C@H](NC(=O)C3CCS(=O)(=O)CC3)c3ccccc3)C1C2. The number of fused-ring (bicyclic) bond motifs is 1. The molecule has 0 radical (unpaired) electrons. The van der Waals surface area contributed by atoms with Crippen LogP contribution in [0.1, 0.15) is 83.2 Å². The van der Waals surface area contributed by atoms with Gasteiger partial charge in [0.2, 0.25) is 5.91 Å². The van der Waals surface area contributed by atoms with E-state index in [1.165, 1.54) is 6.42 Å². The maximum atomic E-state index is 13.8. The summed E-state index contributed by atoms with van der Waals surface area (Å²) in [6.45, 7) is 9.57. The van der Waals surface area contributed by atoms with E-state index in [2.05, 4.69) is 46.0 Å². The van der Waals surface area contributed by atoms with Crippen molar-refractivity contribution in [1.29, 1.82) is 0 Å². The van der Waals surface area contributed by atoms with Crippen molar-refractivity contribution in [3.8, 4) is 0 Å². The molecule has 6 rings (SSSR count). The fourth-order valence-electron chi connectivity index (χ4n) is 9.06. The molecule has 4 heterocycles.